The lowest BCUT2D eigenvalue weighted by Crippen LogP contribution is -2.32. The zero-order chi connectivity index (χ0) is 15.7. The van der Waals surface area contributed by atoms with Crippen LogP contribution in [0.3, 0.4) is 0 Å². The van der Waals surface area contributed by atoms with Crippen molar-refractivity contribution in [1.29, 1.82) is 0 Å². The number of fused-ring (bicyclic) bond motifs is 1. The van der Waals surface area contributed by atoms with Crippen molar-refractivity contribution in [2.75, 3.05) is 6.79 Å². The minimum absolute atomic E-state index is 0.128. The van der Waals surface area contributed by atoms with Gasteiger partial charge in [0.2, 0.25) is 6.79 Å². The predicted molar refractivity (Wildman–Crippen MR) is 82.0 cm³/mol. The first-order valence-electron chi connectivity index (χ1n) is 7.33. The van der Waals surface area contributed by atoms with E-state index in [1.54, 1.807) is 10.7 Å². The fourth-order valence-corrected chi connectivity index (χ4v) is 2.30. The molecule has 116 valence electrons. The molecule has 0 aliphatic carbocycles. The van der Waals surface area contributed by atoms with E-state index in [0.29, 0.717) is 11.4 Å². The topological polar surface area (TPSA) is 65.4 Å². The fourth-order valence-electron chi connectivity index (χ4n) is 2.30. The summed E-state index contributed by atoms with van der Waals surface area (Å²) in [6, 6.07) is 7.61. The summed E-state index contributed by atoms with van der Waals surface area (Å²) in [5, 5.41) is 7.22. The van der Waals surface area contributed by atoms with Gasteiger partial charge >= 0.3 is 0 Å². The van der Waals surface area contributed by atoms with Gasteiger partial charge in [-0.3, -0.25) is 9.48 Å². The first-order valence-corrected chi connectivity index (χ1v) is 7.33. The molecule has 0 spiro atoms. The number of carbonyl (C=O) groups excluding carboxylic acids is 1. The zero-order valence-electron chi connectivity index (χ0n) is 12.9. The summed E-state index contributed by atoms with van der Waals surface area (Å²) in [5.74, 6) is 1.29. The predicted octanol–water partition coefficient (Wildman–Crippen LogP) is 2.34. The number of hydrogen-bond donors (Lipinski definition) is 1. The lowest BCUT2D eigenvalue weighted by Gasteiger charge is -2.09. The average molecular weight is 301 g/mol. The van der Waals surface area contributed by atoms with Crippen molar-refractivity contribution in [3.63, 3.8) is 0 Å². The van der Waals surface area contributed by atoms with E-state index in [4.69, 9.17) is 9.47 Å². The van der Waals surface area contributed by atoms with Crippen LogP contribution in [0.15, 0.2) is 24.3 Å². The fraction of sp³-hybridized carbons (Fsp3) is 0.375. The summed E-state index contributed by atoms with van der Waals surface area (Å²) in [6.07, 6.45) is 0.883. The minimum atomic E-state index is -0.156. The highest BCUT2D eigenvalue weighted by Crippen LogP contribution is 2.35. The number of nitrogens with zero attached hydrogens (tertiary/aromatic N) is 2. The normalized spacial score (nSPS) is 14.0. The van der Waals surface area contributed by atoms with Crippen molar-refractivity contribution in [2.45, 2.75) is 26.3 Å². The number of aryl methyl sites for hydroxylation is 1. The molecule has 0 saturated carbocycles. The number of rotatable bonds is 4. The molecule has 1 aromatic heterocycles. The van der Waals surface area contributed by atoms with Gasteiger partial charge in [-0.25, -0.2) is 0 Å². The summed E-state index contributed by atoms with van der Waals surface area (Å²) in [5.41, 5.74) is 2.20. The second kappa shape index (κ2) is 5.71. The Morgan fingerprint density at radius 3 is 2.91 bits per heavy atom. The van der Waals surface area contributed by atoms with Crippen LogP contribution >= 0.6 is 0 Å². The molecule has 1 amide bonds. The van der Waals surface area contributed by atoms with Crippen molar-refractivity contribution in [1.82, 2.24) is 15.1 Å². The Morgan fingerprint density at radius 2 is 2.14 bits per heavy atom. The molecule has 1 N–H and O–H groups in total. The first-order chi connectivity index (χ1) is 10.6. The molecular formula is C16H19N3O3. The van der Waals surface area contributed by atoms with E-state index < -0.39 is 0 Å². The van der Waals surface area contributed by atoms with E-state index in [2.05, 4.69) is 10.4 Å². The maximum atomic E-state index is 12.2. The van der Waals surface area contributed by atoms with Crippen LogP contribution in [-0.4, -0.2) is 28.5 Å². The Labute approximate surface area is 129 Å². The second-order valence-corrected chi connectivity index (χ2v) is 5.39. The molecule has 1 aliphatic heterocycles. The van der Waals surface area contributed by atoms with Crippen molar-refractivity contribution in [3.8, 4) is 22.8 Å². The number of nitrogens with one attached hydrogen (secondary N) is 1. The van der Waals surface area contributed by atoms with E-state index in [1.807, 2.05) is 39.1 Å². The number of aromatic nitrogens is 2. The van der Waals surface area contributed by atoms with Gasteiger partial charge in [-0.15, -0.1) is 0 Å². The summed E-state index contributed by atoms with van der Waals surface area (Å²) >= 11 is 0. The van der Waals surface area contributed by atoms with Gasteiger partial charge in [0.05, 0.1) is 5.69 Å². The van der Waals surface area contributed by atoms with Crippen LogP contribution in [0.5, 0.6) is 11.5 Å². The third-order valence-electron chi connectivity index (χ3n) is 3.77. The van der Waals surface area contributed by atoms with Crippen LogP contribution in [0.4, 0.5) is 0 Å². The maximum absolute atomic E-state index is 12.2. The zero-order valence-corrected chi connectivity index (χ0v) is 12.9. The maximum Gasteiger partial charge on any atom is 0.272 e. The molecule has 0 bridgehead atoms. The quantitative estimate of drug-likeness (QED) is 0.941. The van der Waals surface area contributed by atoms with Crippen LogP contribution in [0.25, 0.3) is 11.3 Å². The van der Waals surface area contributed by atoms with E-state index >= 15 is 0 Å². The van der Waals surface area contributed by atoms with Gasteiger partial charge in [0.1, 0.15) is 0 Å². The van der Waals surface area contributed by atoms with E-state index in [-0.39, 0.29) is 18.7 Å². The third-order valence-corrected chi connectivity index (χ3v) is 3.77. The van der Waals surface area contributed by atoms with Crippen molar-refractivity contribution in [2.24, 2.45) is 7.05 Å². The van der Waals surface area contributed by atoms with Crippen LogP contribution in [0, 0.1) is 0 Å². The highest BCUT2D eigenvalue weighted by atomic mass is 16.7. The van der Waals surface area contributed by atoms with E-state index in [9.17, 15) is 4.79 Å². The number of amides is 1. The molecule has 1 aromatic carbocycles. The Balaban J connectivity index is 1.88. The van der Waals surface area contributed by atoms with Gasteiger partial charge in [0, 0.05) is 18.7 Å². The van der Waals surface area contributed by atoms with Gasteiger partial charge in [-0.05, 0) is 37.6 Å². The molecule has 0 saturated heterocycles. The van der Waals surface area contributed by atoms with Crippen LogP contribution in [0.2, 0.25) is 0 Å². The molecule has 6 heteroatoms. The Hall–Kier alpha value is -2.50. The largest absolute Gasteiger partial charge is 0.454 e. The van der Waals surface area contributed by atoms with Crippen molar-refractivity contribution >= 4 is 5.91 Å². The highest BCUT2D eigenvalue weighted by Gasteiger charge is 2.18. The lowest BCUT2D eigenvalue weighted by molar-refractivity contribution is 0.0933. The number of carbonyl (C=O) groups is 1. The summed E-state index contributed by atoms with van der Waals surface area (Å²) in [6.45, 7) is 4.24. The first kappa shape index (κ1) is 14.4. The lowest BCUT2D eigenvalue weighted by atomic mass is 10.1. The van der Waals surface area contributed by atoms with Crippen LogP contribution in [-0.2, 0) is 7.05 Å². The molecule has 1 aliphatic rings. The van der Waals surface area contributed by atoms with Crippen molar-refractivity contribution < 1.29 is 14.3 Å². The van der Waals surface area contributed by atoms with E-state index in [1.165, 1.54) is 0 Å². The van der Waals surface area contributed by atoms with Crippen LogP contribution in [0.1, 0.15) is 30.8 Å². The van der Waals surface area contributed by atoms with Gasteiger partial charge < -0.3 is 14.8 Å². The minimum Gasteiger partial charge on any atom is -0.454 e. The molecular weight excluding hydrogens is 282 g/mol. The molecule has 2 heterocycles. The summed E-state index contributed by atoms with van der Waals surface area (Å²) < 4.78 is 12.4. The number of benzene rings is 1. The van der Waals surface area contributed by atoms with Gasteiger partial charge in [0.25, 0.3) is 5.91 Å². The highest BCUT2D eigenvalue weighted by molar-refractivity contribution is 5.93. The summed E-state index contributed by atoms with van der Waals surface area (Å²) in [7, 11) is 1.82. The molecule has 3 rings (SSSR count). The Bertz CT molecular complexity index is 709. The molecule has 22 heavy (non-hydrogen) atoms. The summed E-state index contributed by atoms with van der Waals surface area (Å²) in [4.78, 5) is 12.2. The van der Waals surface area contributed by atoms with Gasteiger partial charge in [-0.2, -0.15) is 5.10 Å². The molecule has 1 unspecified atom stereocenters. The Morgan fingerprint density at radius 1 is 1.36 bits per heavy atom. The van der Waals surface area contributed by atoms with E-state index in [0.717, 1.165) is 23.4 Å². The monoisotopic (exact) mass is 301 g/mol. The van der Waals surface area contributed by atoms with Crippen molar-refractivity contribution in [3.05, 3.63) is 30.0 Å². The van der Waals surface area contributed by atoms with Gasteiger partial charge in [-0.1, -0.05) is 6.92 Å². The second-order valence-electron chi connectivity index (χ2n) is 5.39. The number of ether oxygens (including phenoxy) is 2. The molecule has 0 radical (unpaired) electrons. The molecule has 0 fully saturated rings. The standard InChI is InChI=1S/C16H19N3O3/c1-4-10(2)17-16(20)12-8-13(19(3)18-12)11-5-6-14-15(7-11)22-9-21-14/h5-8,10H,4,9H2,1-3H3,(H,17,20). The molecule has 1 atom stereocenters. The van der Waals surface area contributed by atoms with Gasteiger partial charge in [0.15, 0.2) is 17.2 Å². The Kier molecular flexibility index (Phi) is 3.75. The van der Waals surface area contributed by atoms with Crippen LogP contribution < -0.4 is 14.8 Å². The third kappa shape index (κ3) is 2.64. The number of hydrogen-bond acceptors (Lipinski definition) is 4. The smallest absolute Gasteiger partial charge is 0.272 e. The SMILES string of the molecule is CCC(C)NC(=O)c1cc(-c2ccc3c(c2)OCO3)n(C)n1. The molecule has 6 nitrogen and oxygen atoms in total. The average Bonchev–Trinajstić information content (AvgIpc) is 3.12. The molecule has 2 aromatic rings.